The second-order valence-corrected chi connectivity index (χ2v) is 10.5. The van der Waals surface area contributed by atoms with Crippen molar-refractivity contribution in [3.05, 3.63) is 42.5 Å². The van der Waals surface area contributed by atoms with E-state index in [1.54, 1.807) is 24.9 Å². The smallest absolute Gasteiger partial charge is 0.255 e. The SMILES string of the molecule is CO[C@H]1CC[C@H](NC(=O)c2cnn3ccc(-c4c[nH]c5nc(N[C@H]6CC[C@@H](OC)CC6)ncc45)cc23)CC1. The molecule has 6 rings (SSSR count). The van der Waals surface area contributed by atoms with Gasteiger partial charge in [0.25, 0.3) is 5.91 Å². The Bertz CT molecular complexity index is 1410. The molecule has 3 N–H and O–H groups in total. The molecule has 4 aromatic rings. The van der Waals surface area contributed by atoms with Crippen molar-refractivity contribution in [2.24, 2.45) is 0 Å². The van der Waals surface area contributed by atoms with E-state index in [-0.39, 0.29) is 11.9 Å². The molecule has 0 bridgehead atoms. The number of anilines is 1. The summed E-state index contributed by atoms with van der Waals surface area (Å²) in [7, 11) is 3.54. The molecule has 2 aliphatic rings. The van der Waals surface area contributed by atoms with Crippen molar-refractivity contribution in [2.75, 3.05) is 19.5 Å². The Morgan fingerprint density at radius 2 is 1.71 bits per heavy atom. The van der Waals surface area contributed by atoms with Crippen LogP contribution in [-0.2, 0) is 9.47 Å². The maximum Gasteiger partial charge on any atom is 0.255 e. The van der Waals surface area contributed by atoms with Gasteiger partial charge in [0.2, 0.25) is 5.95 Å². The Kier molecular flexibility index (Phi) is 6.99. The van der Waals surface area contributed by atoms with Crippen LogP contribution in [0.25, 0.3) is 27.7 Å². The molecule has 0 radical (unpaired) electrons. The number of amides is 1. The van der Waals surface area contributed by atoms with Gasteiger partial charge < -0.3 is 25.1 Å². The number of H-pyrrole nitrogens is 1. The minimum atomic E-state index is -0.0875. The molecule has 0 spiro atoms. The van der Waals surface area contributed by atoms with Crippen molar-refractivity contribution in [1.82, 2.24) is 29.9 Å². The summed E-state index contributed by atoms with van der Waals surface area (Å²) in [4.78, 5) is 25.8. The molecule has 200 valence electrons. The molecule has 38 heavy (non-hydrogen) atoms. The number of hydrogen-bond acceptors (Lipinski definition) is 7. The molecule has 4 heterocycles. The third-order valence-corrected chi connectivity index (χ3v) is 8.19. The Morgan fingerprint density at radius 3 is 2.42 bits per heavy atom. The van der Waals surface area contributed by atoms with E-state index in [0.29, 0.717) is 29.8 Å². The van der Waals surface area contributed by atoms with Gasteiger partial charge in [0.15, 0.2) is 0 Å². The van der Waals surface area contributed by atoms with E-state index in [9.17, 15) is 4.79 Å². The van der Waals surface area contributed by atoms with Gasteiger partial charge in [-0.2, -0.15) is 10.1 Å². The second kappa shape index (κ2) is 10.7. The monoisotopic (exact) mass is 517 g/mol. The van der Waals surface area contributed by atoms with Crippen molar-refractivity contribution < 1.29 is 14.3 Å². The highest BCUT2D eigenvalue weighted by Crippen LogP contribution is 2.30. The molecule has 10 nitrogen and oxygen atoms in total. The average molecular weight is 518 g/mol. The fraction of sp³-hybridized carbons (Fsp3) is 0.500. The maximum absolute atomic E-state index is 13.1. The van der Waals surface area contributed by atoms with Crippen LogP contribution < -0.4 is 10.6 Å². The second-order valence-electron chi connectivity index (χ2n) is 10.5. The van der Waals surface area contributed by atoms with Crippen LogP contribution in [0.2, 0.25) is 0 Å². The van der Waals surface area contributed by atoms with Gasteiger partial charge in [-0.3, -0.25) is 4.79 Å². The summed E-state index contributed by atoms with van der Waals surface area (Å²) in [6.07, 6.45) is 16.0. The standard InChI is InChI=1S/C28H35N7O3/c1-37-20-7-3-18(4-8-20)32-27(36)24-16-31-35-12-11-17(13-25(24)35)22-14-29-26-23(22)15-30-28(34-26)33-19-5-9-21(38-2)10-6-19/h11-16,18-21H,3-10H2,1-2H3,(H,32,36)(H2,29,30,33,34)/t18-,19-,20-,21+. The van der Waals surface area contributed by atoms with Crippen molar-refractivity contribution in [3.63, 3.8) is 0 Å². The molecule has 0 aromatic carbocycles. The lowest BCUT2D eigenvalue weighted by Gasteiger charge is -2.28. The topological polar surface area (TPSA) is 118 Å². The first-order chi connectivity index (χ1) is 18.6. The van der Waals surface area contributed by atoms with E-state index in [0.717, 1.165) is 79.0 Å². The van der Waals surface area contributed by atoms with E-state index >= 15 is 0 Å². The van der Waals surface area contributed by atoms with Crippen molar-refractivity contribution in [3.8, 4) is 11.1 Å². The zero-order chi connectivity index (χ0) is 26.1. The van der Waals surface area contributed by atoms with Crippen LogP contribution in [-0.4, -0.2) is 69.0 Å². The molecular weight excluding hydrogens is 482 g/mol. The lowest BCUT2D eigenvalue weighted by atomic mass is 9.93. The highest BCUT2D eigenvalue weighted by Gasteiger charge is 2.24. The average Bonchev–Trinajstić information content (AvgIpc) is 3.57. The van der Waals surface area contributed by atoms with E-state index in [4.69, 9.17) is 14.5 Å². The van der Waals surface area contributed by atoms with Gasteiger partial charge >= 0.3 is 0 Å². The van der Waals surface area contributed by atoms with Gasteiger partial charge in [-0.15, -0.1) is 0 Å². The van der Waals surface area contributed by atoms with Gasteiger partial charge in [0, 0.05) is 55.8 Å². The summed E-state index contributed by atoms with van der Waals surface area (Å²) in [5.41, 5.74) is 4.08. The number of aromatic nitrogens is 5. The third-order valence-electron chi connectivity index (χ3n) is 8.19. The largest absolute Gasteiger partial charge is 0.381 e. The van der Waals surface area contributed by atoms with Crippen molar-refractivity contribution in [2.45, 2.75) is 75.7 Å². The van der Waals surface area contributed by atoms with Gasteiger partial charge in [0.05, 0.1) is 29.5 Å². The summed E-state index contributed by atoms with van der Waals surface area (Å²) >= 11 is 0. The lowest BCUT2D eigenvalue weighted by molar-refractivity contribution is 0.0599. The van der Waals surface area contributed by atoms with E-state index in [1.165, 1.54) is 0 Å². The summed E-state index contributed by atoms with van der Waals surface area (Å²) in [5, 5.41) is 12.0. The number of aromatic amines is 1. The van der Waals surface area contributed by atoms with Gasteiger partial charge in [0.1, 0.15) is 5.65 Å². The predicted molar refractivity (Wildman–Crippen MR) is 145 cm³/mol. The summed E-state index contributed by atoms with van der Waals surface area (Å²) in [6.45, 7) is 0. The number of methoxy groups -OCH3 is 2. The summed E-state index contributed by atoms with van der Waals surface area (Å²) in [5.74, 6) is 0.548. The Labute approximate surface area is 221 Å². The Hall–Kier alpha value is -3.50. The first-order valence-electron chi connectivity index (χ1n) is 13.6. The number of carbonyl (C=O) groups excluding carboxylic acids is 1. The number of fused-ring (bicyclic) bond motifs is 2. The molecule has 1 amide bonds. The number of carbonyl (C=O) groups is 1. The van der Waals surface area contributed by atoms with Gasteiger partial charge in [-0.25, -0.2) is 9.50 Å². The molecule has 0 aliphatic heterocycles. The van der Waals surface area contributed by atoms with Crippen LogP contribution >= 0.6 is 0 Å². The first-order valence-corrected chi connectivity index (χ1v) is 13.6. The number of pyridine rings is 1. The minimum absolute atomic E-state index is 0.0875. The molecule has 4 aromatic heterocycles. The number of rotatable bonds is 7. The van der Waals surface area contributed by atoms with Crippen LogP contribution in [0, 0.1) is 0 Å². The van der Waals surface area contributed by atoms with Crippen LogP contribution in [0.3, 0.4) is 0 Å². The van der Waals surface area contributed by atoms with E-state index in [2.05, 4.69) is 25.7 Å². The van der Waals surface area contributed by atoms with Gasteiger partial charge in [-0.05, 0) is 69.1 Å². The third kappa shape index (κ3) is 4.98. The fourth-order valence-electron chi connectivity index (χ4n) is 5.87. The highest BCUT2D eigenvalue weighted by molar-refractivity contribution is 6.02. The van der Waals surface area contributed by atoms with E-state index < -0.39 is 0 Å². The minimum Gasteiger partial charge on any atom is -0.381 e. The lowest BCUT2D eigenvalue weighted by Crippen LogP contribution is -2.38. The molecule has 2 saturated carbocycles. The molecule has 2 fully saturated rings. The van der Waals surface area contributed by atoms with Gasteiger partial charge in [-0.1, -0.05) is 0 Å². The highest BCUT2D eigenvalue weighted by atomic mass is 16.5. The van der Waals surface area contributed by atoms with Crippen molar-refractivity contribution in [1.29, 1.82) is 0 Å². The fourth-order valence-corrected chi connectivity index (χ4v) is 5.87. The summed E-state index contributed by atoms with van der Waals surface area (Å²) in [6, 6.07) is 4.52. The quantitative estimate of drug-likeness (QED) is 0.334. The maximum atomic E-state index is 13.1. The van der Waals surface area contributed by atoms with E-state index in [1.807, 2.05) is 30.7 Å². The number of nitrogens with one attached hydrogen (secondary N) is 3. The van der Waals surface area contributed by atoms with Crippen LogP contribution in [0.15, 0.2) is 36.9 Å². The number of ether oxygens (including phenoxy) is 2. The zero-order valence-corrected chi connectivity index (χ0v) is 21.9. The molecule has 0 saturated heterocycles. The van der Waals surface area contributed by atoms with Crippen molar-refractivity contribution >= 4 is 28.4 Å². The molecule has 2 aliphatic carbocycles. The predicted octanol–water partition coefficient (Wildman–Crippen LogP) is 4.33. The molecular formula is C28H35N7O3. The first kappa shape index (κ1) is 24.8. The normalized spacial score (nSPS) is 24.1. The Balaban J connectivity index is 1.19. The zero-order valence-electron chi connectivity index (χ0n) is 21.9. The number of nitrogens with zero attached hydrogens (tertiary/aromatic N) is 4. The molecule has 0 atom stereocenters. The number of hydrogen-bond donors (Lipinski definition) is 3. The van der Waals surface area contributed by atoms with Crippen LogP contribution in [0.1, 0.15) is 61.7 Å². The van der Waals surface area contributed by atoms with Crippen LogP contribution in [0.5, 0.6) is 0 Å². The van der Waals surface area contributed by atoms with Crippen LogP contribution in [0.4, 0.5) is 5.95 Å². The molecule has 0 unspecified atom stereocenters. The summed E-state index contributed by atoms with van der Waals surface area (Å²) < 4.78 is 12.7. The Morgan fingerprint density at radius 1 is 1.00 bits per heavy atom. The molecule has 10 heteroatoms.